The van der Waals surface area contributed by atoms with Crippen LogP contribution in [-0.4, -0.2) is 9.13 Å². The second-order valence-electron chi connectivity index (χ2n) is 12.3. The molecule has 0 saturated carbocycles. The van der Waals surface area contributed by atoms with Gasteiger partial charge in [0.05, 0.1) is 62.3 Å². The summed E-state index contributed by atoms with van der Waals surface area (Å²) < 4.78 is 4.39. The molecule has 2 heterocycles. The van der Waals surface area contributed by atoms with Crippen LogP contribution in [0.4, 0.5) is 0 Å². The first-order chi connectivity index (χ1) is 24.7. The van der Waals surface area contributed by atoms with Crippen molar-refractivity contribution in [3.05, 3.63) is 168 Å². The molecule has 0 aliphatic carbocycles. The Kier molecular flexibility index (Phi) is 6.56. The van der Waals surface area contributed by atoms with E-state index in [4.69, 9.17) is 0 Å². The lowest BCUT2D eigenvalue weighted by Gasteiger charge is -2.17. The molecule has 50 heavy (non-hydrogen) atoms. The quantitative estimate of drug-likeness (QED) is 0.193. The molecule has 0 spiro atoms. The van der Waals surface area contributed by atoms with Crippen molar-refractivity contribution in [3.8, 4) is 51.8 Å². The molecule has 0 saturated heterocycles. The Morgan fingerprint density at radius 1 is 0.380 bits per heavy atom. The van der Waals surface area contributed by atoms with E-state index < -0.39 is 0 Å². The number of rotatable bonds is 4. The fourth-order valence-electron chi connectivity index (χ4n) is 7.50. The van der Waals surface area contributed by atoms with E-state index in [1.54, 1.807) is 6.07 Å². The standard InChI is InChI=1S/C45H25N5/c46-26-29-20-23-45-38(24-29)36-13-4-8-18-43(36)50(45)44-19-9-14-33(39(44)28-48)37-25-30(21-22-31(37)27-47)32-10-1-5-15-40(32)49-41-16-6-2-11-34(41)35-12-3-7-17-42(35)49/h1-25H. The summed E-state index contributed by atoms with van der Waals surface area (Å²) in [6.07, 6.45) is 0. The third kappa shape index (κ3) is 4.24. The molecule has 0 aliphatic rings. The van der Waals surface area contributed by atoms with E-state index in [1.165, 1.54) is 10.8 Å². The minimum Gasteiger partial charge on any atom is -0.309 e. The SMILES string of the molecule is N#Cc1ccc2c(c1)c1ccccc1n2-c1cccc(-c2cc(-c3ccccc3-n3c4ccccc4c4ccccc43)ccc2C#N)c1C#N. The molecule has 0 radical (unpaired) electrons. The van der Waals surface area contributed by atoms with Gasteiger partial charge in [-0.25, -0.2) is 0 Å². The molecule has 0 atom stereocenters. The molecule has 0 bridgehead atoms. The van der Waals surface area contributed by atoms with Crippen LogP contribution < -0.4 is 0 Å². The Labute approximate surface area is 287 Å². The Morgan fingerprint density at radius 2 is 0.940 bits per heavy atom. The van der Waals surface area contributed by atoms with Crippen molar-refractivity contribution in [3.63, 3.8) is 0 Å². The van der Waals surface area contributed by atoms with Crippen molar-refractivity contribution in [2.24, 2.45) is 0 Å². The minimum atomic E-state index is 0.462. The van der Waals surface area contributed by atoms with Gasteiger partial charge in [-0.3, -0.25) is 0 Å². The van der Waals surface area contributed by atoms with Gasteiger partial charge in [0.15, 0.2) is 0 Å². The van der Waals surface area contributed by atoms with Crippen LogP contribution in [0.15, 0.2) is 152 Å². The highest BCUT2D eigenvalue weighted by molar-refractivity contribution is 6.11. The number of para-hydroxylation sites is 4. The summed E-state index contributed by atoms with van der Waals surface area (Å²) in [6, 6.07) is 57.7. The van der Waals surface area contributed by atoms with E-state index >= 15 is 0 Å². The second-order valence-corrected chi connectivity index (χ2v) is 12.3. The number of benzene rings is 7. The molecule has 5 nitrogen and oxygen atoms in total. The molecule has 0 N–H and O–H groups in total. The summed E-state index contributed by atoms with van der Waals surface area (Å²) >= 11 is 0. The molecule has 9 rings (SSSR count). The average molecular weight is 636 g/mol. The highest BCUT2D eigenvalue weighted by Gasteiger charge is 2.21. The maximum absolute atomic E-state index is 10.8. The van der Waals surface area contributed by atoms with Crippen molar-refractivity contribution in [1.82, 2.24) is 9.13 Å². The number of aromatic nitrogens is 2. The predicted molar refractivity (Wildman–Crippen MR) is 200 cm³/mol. The van der Waals surface area contributed by atoms with E-state index in [-0.39, 0.29) is 0 Å². The summed E-state index contributed by atoms with van der Waals surface area (Å²) in [5, 5.41) is 35.1. The Bertz CT molecular complexity index is 2920. The first-order valence-corrected chi connectivity index (χ1v) is 16.3. The molecular formula is C45H25N5. The predicted octanol–water partition coefficient (Wildman–Crippen LogP) is 10.8. The van der Waals surface area contributed by atoms with E-state index in [1.807, 2.05) is 78.9 Å². The summed E-state index contributed by atoms with van der Waals surface area (Å²) in [4.78, 5) is 0. The van der Waals surface area contributed by atoms with Gasteiger partial charge in [0.1, 0.15) is 6.07 Å². The Balaban J connectivity index is 1.28. The topological polar surface area (TPSA) is 81.2 Å². The zero-order chi connectivity index (χ0) is 33.8. The van der Waals surface area contributed by atoms with E-state index in [2.05, 4.69) is 94.1 Å². The number of hydrogen-bond acceptors (Lipinski definition) is 3. The molecule has 5 heteroatoms. The molecular weight excluding hydrogens is 611 g/mol. The second kappa shape index (κ2) is 11.4. The Hall–Kier alpha value is -7.39. The molecule has 2 aromatic heterocycles. The van der Waals surface area contributed by atoms with Crippen molar-refractivity contribution in [1.29, 1.82) is 15.8 Å². The fourth-order valence-corrected chi connectivity index (χ4v) is 7.50. The summed E-state index contributed by atoms with van der Waals surface area (Å²) in [5.41, 5.74) is 10.6. The van der Waals surface area contributed by atoms with Crippen molar-refractivity contribution in [2.45, 2.75) is 0 Å². The zero-order valence-corrected chi connectivity index (χ0v) is 26.7. The molecule has 0 amide bonds. The molecule has 7 aromatic carbocycles. The van der Waals surface area contributed by atoms with Crippen LogP contribution in [0.5, 0.6) is 0 Å². The minimum absolute atomic E-state index is 0.462. The van der Waals surface area contributed by atoms with Crippen LogP contribution in [0.25, 0.3) is 77.2 Å². The number of nitrogens with zero attached hydrogens (tertiary/aromatic N) is 5. The molecule has 230 valence electrons. The first-order valence-electron chi connectivity index (χ1n) is 16.3. The summed E-state index contributed by atoms with van der Waals surface area (Å²) in [5.74, 6) is 0. The monoisotopic (exact) mass is 635 g/mol. The van der Waals surface area contributed by atoms with Gasteiger partial charge in [0, 0.05) is 38.2 Å². The third-order valence-electron chi connectivity index (χ3n) is 9.66. The first kappa shape index (κ1) is 28.8. The van der Waals surface area contributed by atoms with Gasteiger partial charge in [-0.2, -0.15) is 15.8 Å². The summed E-state index contributed by atoms with van der Waals surface area (Å²) in [6.45, 7) is 0. The van der Waals surface area contributed by atoms with Gasteiger partial charge < -0.3 is 9.13 Å². The maximum atomic E-state index is 10.8. The third-order valence-corrected chi connectivity index (χ3v) is 9.66. The van der Waals surface area contributed by atoms with Crippen LogP contribution in [0, 0.1) is 34.0 Å². The van der Waals surface area contributed by atoms with Crippen LogP contribution in [0.2, 0.25) is 0 Å². The molecule has 0 aliphatic heterocycles. The normalized spacial score (nSPS) is 11.1. The smallest absolute Gasteiger partial charge is 0.102 e. The molecule has 0 fully saturated rings. The van der Waals surface area contributed by atoms with Gasteiger partial charge >= 0.3 is 0 Å². The summed E-state index contributed by atoms with van der Waals surface area (Å²) in [7, 11) is 0. The Morgan fingerprint density at radius 3 is 1.60 bits per heavy atom. The van der Waals surface area contributed by atoms with Gasteiger partial charge in [-0.05, 0) is 66.2 Å². The van der Waals surface area contributed by atoms with Crippen molar-refractivity contribution in [2.75, 3.05) is 0 Å². The number of nitriles is 3. The highest BCUT2D eigenvalue weighted by atomic mass is 15.0. The van der Waals surface area contributed by atoms with Gasteiger partial charge in [-0.1, -0.05) is 91.0 Å². The van der Waals surface area contributed by atoms with Gasteiger partial charge in [-0.15, -0.1) is 0 Å². The number of hydrogen-bond donors (Lipinski definition) is 0. The number of fused-ring (bicyclic) bond motifs is 6. The van der Waals surface area contributed by atoms with Crippen LogP contribution in [0.1, 0.15) is 16.7 Å². The largest absolute Gasteiger partial charge is 0.309 e. The lowest BCUT2D eigenvalue weighted by Crippen LogP contribution is -2.01. The fraction of sp³-hybridized carbons (Fsp3) is 0. The average Bonchev–Trinajstić information content (AvgIpc) is 3.69. The highest BCUT2D eigenvalue weighted by Crippen LogP contribution is 2.40. The molecule has 9 aromatic rings. The zero-order valence-electron chi connectivity index (χ0n) is 26.7. The van der Waals surface area contributed by atoms with Crippen molar-refractivity contribution < 1.29 is 0 Å². The van der Waals surface area contributed by atoms with Crippen LogP contribution in [-0.2, 0) is 0 Å². The van der Waals surface area contributed by atoms with E-state index in [9.17, 15) is 15.8 Å². The lowest BCUT2D eigenvalue weighted by molar-refractivity contribution is 1.17. The molecule has 0 unspecified atom stereocenters. The van der Waals surface area contributed by atoms with Crippen LogP contribution >= 0.6 is 0 Å². The van der Waals surface area contributed by atoms with Crippen molar-refractivity contribution >= 4 is 43.6 Å². The van der Waals surface area contributed by atoms with Crippen LogP contribution in [0.3, 0.4) is 0 Å². The maximum Gasteiger partial charge on any atom is 0.102 e. The van der Waals surface area contributed by atoms with Gasteiger partial charge in [0.25, 0.3) is 0 Å². The van der Waals surface area contributed by atoms with E-state index in [0.717, 1.165) is 49.7 Å². The van der Waals surface area contributed by atoms with E-state index in [0.29, 0.717) is 33.5 Å². The lowest BCUT2D eigenvalue weighted by atomic mass is 9.91. The van der Waals surface area contributed by atoms with Gasteiger partial charge in [0.2, 0.25) is 0 Å².